The second-order valence-corrected chi connectivity index (χ2v) is 6.38. The van der Waals surface area contributed by atoms with Gasteiger partial charge >= 0.3 is 0 Å². The quantitative estimate of drug-likeness (QED) is 0.758. The third-order valence-corrected chi connectivity index (χ3v) is 4.73. The van der Waals surface area contributed by atoms with Crippen molar-refractivity contribution in [2.75, 3.05) is 19.6 Å². The van der Waals surface area contributed by atoms with E-state index in [9.17, 15) is 4.79 Å². The molecule has 1 N–H and O–H groups in total. The number of halogens is 1. The zero-order valence-electron chi connectivity index (χ0n) is 13.7. The summed E-state index contributed by atoms with van der Waals surface area (Å²) in [6, 6.07) is 9.26. The first-order valence-corrected chi connectivity index (χ1v) is 8.47. The van der Waals surface area contributed by atoms with Crippen LogP contribution in [0.15, 0.2) is 36.5 Å². The van der Waals surface area contributed by atoms with Crippen LogP contribution in [-0.4, -0.2) is 50.0 Å². The van der Waals surface area contributed by atoms with Crippen LogP contribution in [0.5, 0.6) is 0 Å². The lowest BCUT2D eigenvalue weighted by Crippen LogP contribution is -2.49. The summed E-state index contributed by atoms with van der Waals surface area (Å²) < 4.78 is 1.58. The van der Waals surface area contributed by atoms with Crippen molar-refractivity contribution >= 4 is 23.3 Å². The van der Waals surface area contributed by atoms with Gasteiger partial charge in [0.2, 0.25) is 5.82 Å². The lowest BCUT2D eigenvalue weighted by atomic mass is 10.0. The Morgan fingerprint density at radius 3 is 2.96 bits per heavy atom. The number of rotatable bonds is 2. The average molecular weight is 357 g/mol. The first-order chi connectivity index (χ1) is 12.1. The summed E-state index contributed by atoms with van der Waals surface area (Å²) in [7, 11) is 0. The highest BCUT2D eigenvalue weighted by atomic mass is 35.5. The van der Waals surface area contributed by atoms with E-state index in [0.717, 1.165) is 17.8 Å². The van der Waals surface area contributed by atoms with Crippen molar-refractivity contribution in [2.45, 2.75) is 13.0 Å². The number of nitrogens with one attached hydrogen (secondary N) is 1. The van der Waals surface area contributed by atoms with E-state index >= 15 is 0 Å². The number of aromatic nitrogens is 4. The van der Waals surface area contributed by atoms with Crippen LogP contribution in [0.4, 0.5) is 0 Å². The number of carbonyl (C=O) groups is 1. The number of aryl methyl sites for hydroxylation is 1. The minimum atomic E-state index is -0.212. The van der Waals surface area contributed by atoms with Gasteiger partial charge in [-0.15, -0.1) is 5.10 Å². The Labute approximate surface area is 149 Å². The molecule has 4 rings (SSSR count). The van der Waals surface area contributed by atoms with Gasteiger partial charge in [-0.05, 0) is 24.6 Å². The second-order valence-electron chi connectivity index (χ2n) is 5.97. The Bertz CT molecular complexity index is 940. The van der Waals surface area contributed by atoms with Crippen molar-refractivity contribution < 1.29 is 4.79 Å². The maximum Gasteiger partial charge on any atom is 0.294 e. The van der Waals surface area contributed by atoms with E-state index in [4.69, 9.17) is 11.6 Å². The molecule has 0 bridgehead atoms. The lowest BCUT2D eigenvalue weighted by Gasteiger charge is -2.36. The smallest absolute Gasteiger partial charge is 0.294 e. The standard InChI is InChI=1S/C17H17ClN6O/c1-11-6-7-20-17-21-15(22-24(11)17)16(25)23-9-8-19-10-14(23)12-4-2-3-5-13(12)18/h2-7,14,19H,8-10H2,1H3. The lowest BCUT2D eigenvalue weighted by molar-refractivity contribution is 0.0622. The number of nitrogens with zero attached hydrogens (tertiary/aromatic N) is 5. The molecule has 3 aromatic rings. The summed E-state index contributed by atoms with van der Waals surface area (Å²) >= 11 is 6.35. The first-order valence-electron chi connectivity index (χ1n) is 8.09. The molecule has 2 aromatic heterocycles. The zero-order valence-corrected chi connectivity index (χ0v) is 14.4. The Morgan fingerprint density at radius 1 is 1.32 bits per heavy atom. The van der Waals surface area contributed by atoms with E-state index in [1.165, 1.54) is 0 Å². The number of benzene rings is 1. The van der Waals surface area contributed by atoms with Crippen LogP contribution in [-0.2, 0) is 0 Å². The molecule has 1 amide bonds. The largest absolute Gasteiger partial charge is 0.326 e. The molecule has 3 heterocycles. The summed E-state index contributed by atoms with van der Waals surface area (Å²) in [5.74, 6) is 0.366. The van der Waals surface area contributed by atoms with Crippen LogP contribution in [0.2, 0.25) is 5.02 Å². The Hall–Kier alpha value is -2.51. The predicted molar refractivity (Wildman–Crippen MR) is 93.6 cm³/mol. The van der Waals surface area contributed by atoms with Crippen LogP contribution in [0.25, 0.3) is 5.78 Å². The van der Waals surface area contributed by atoms with E-state index in [1.54, 1.807) is 15.6 Å². The minimum Gasteiger partial charge on any atom is -0.326 e. The zero-order chi connectivity index (χ0) is 17.4. The predicted octanol–water partition coefficient (Wildman–Crippen LogP) is 1.87. The van der Waals surface area contributed by atoms with Crippen molar-refractivity contribution in [3.8, 4) is 0 Å². The summed E-state index contributed by atoms with van der Waals surface area (Å²) in [6.45, 7) is 3.82. The molecular formula is C17H17ClN6O. The van der Waals surface area contributed by atoms with Gasteiger partial charge in [0.1, 0.15) is 0 Å². The molecule has 1 fully saturated rings. The molecule has 7 nitrogen and oxygen atoms in total. The van der Waals surface area contributed by atoms with Crippen molar-refractivity contribution in [2.24, 2.45) is 0 Å². The molecule has 25 heavy (non-hydrogen) atoms. The third kappa shape index (κ3) is 2.85. The van der Waals surface area contributed by atoms with Gasteiger partial charge in [-0.3, -0.25) is 4.79 Å². The summed E-state index contributed by atoms with van der Waals surface area (Å²) in [6.07, 6.45) is 1.66. The van der Waals surface area contributed by atoms with E-state index in [0.29, 0.717) is 23.9 Å². The molecule has 128 valence electrons. The third-order valence-electron chi connectivity index (χ3n) is 4.39. The van der Waals surface area contributed by atoms with E-state index in [2.05, 4.69) is 20.4 Å². The molecule has 0 aliphatic carbocycles. The van der Waals surface area contributed by atoms with Crippen molar-refractivity contribution in [3.05, 3.63) is 58.6 Å². The van der Waals surface area contributed by atoms with Crippen LogP contribution in [0.1, 0.15) is 27.9 Å². The van der Waals surface area contributed by atoms with Crippen LogP contribution >= 0.6 is 11.6 Å². The van der Waals surface area contributed by atoms with E-state index in [-0.39, 0.29) is 17.8 Å². The molecule has 1 aromatic carbocycles. The normalized spacial score (nSPS) is 17.8. The van der Waals surface area contributed by atoms with Crippen LogP contribution in [0.3, 0.4) is 0 Å². The van der Waals surface area contributed by atoms with Crippen LogP contribution < -0.4 is 5.32 Å². The molecule has 1 aliphatic heterocycles. The fourth-order valence-corrected chi connectivity index (χ4v) is 3.36. The topological polar surface area (TPSA) is 75.4 Å². The maximum atomic E-state index is 13.1. The fraction of sp³-hybridized carbons (Fsp3) is 0.294. The highest BCUT2D eigenvalue weighted by molar-refractivity contribution is 6.31. The van der Waals surface area contributed by atoms with Crippen LogP contribution in [0, 0.1) is 6.92 Å². The van der Waals surface area contributed by atoms with Gasteiger partial charge in [0, 0.05) is 36.5 Å². The summed E-state index contributed by atoms with van der Waals surface area (Å²) in [5.41, 5.74) is 1.79. The molecule has 0 spiro atoms. The highest BCUT2D eigenvalue weighted by Crippen LogP contribution is 2.29. The number of carbonyl (C=O) groups excluding carboxylic acids is 1. The molecule has 1 aliphatic rings. The van der Waals surface area contributed by atoms with E-state index in [1.807, 2.05) is 37.3 Å². The molecule has 1 saturated heterocycles. The van der Waals surface area contributed by atoms with Crippen molar-refractivity contribution in [1.29, 1.82) is 0 Å². The fourth-order valence-electron chi connectivity index (χ4n) is 3.10. The number of hydrogen-bond donors (Lipinski definition) is 1. The first kappa shape index (κ1) is 16.0. The molecular weight excluding hydrogens is 340 g/mol. The summed E-state index contributed by atoms with van der Waals surface area (Å²) in [4.78, 5) is 23.3. The van der Waals surface area contributed by atoms with Gasteiger partial charge in [0.15, 0.2) is 0 Å². The molecule has 0 saturated carbocycles. The molecule has 0 radical (unpaired) electrons. The number of fused-ring (bicyclic) bond motifs is 1. The average Bonchev–Trinajstić information content (AvgIpc) is 3.07. The number of hydrogen-bond acceptors (Lipinski definition) is 5. The number of piperazine rings is 1. The minimum absolute atomic E-state index is 0.153. The second kappa shape index (κ2) is 6.42. The highest BCUT2D eigenvalue weighted by Gasteiger charge is 2.32. The SMILES string of the molecule is Cc1ccnc2nc(C(=O)N3CCNCC3c3ccccc3Cl)nn12. The van der Waals surface area contributed by atoms with Gasteiger partial charge in [0.05, 0.1) is 6.04 Å². The maximum absolute atomic E-state index is 13.1. The van der Waals surface area contributed by atoms with Gasteiger partial charge < -0.3 is 10.2 Å². The Morgan fingerprint density at radius 2 is 2.16 bits per heavy atom. The summed E-state index contributed by atoms with van der Waals surface area (Å²) in [5, 5.41) is 8.31. The van der Waals surface area contributed by atoms with Gasteiger partial charge in [-0.25, -0.2) is 9.50 Å². The van der Waals surface area contributed by atoms with Crippen molar-refractivity contribution in [1.82, 2.24) is 29.8 Å². The van der Waals surface area contributed by atoms with Crippen molar-refractivity contribution in [3.63, 3.8) is 0 Å². The van der Waals surface area contributed by atoms with Gasteiger partial charge in [-0.2, -0.15) is 4.98 Å². The van der Waals surface area contributed by atoms with Gasteiger partial charge in [-0.1, -0.05) is 29.8 Å². The molecule has 1 atom stereocenters. The Balaban J connectivity index is 1.71. The molecule has 8 heteroatoms. The van der Waals surface area contributed by atoms with Gasteiger partial charge in [0.25, 0.3) is 11.7 Å². The number of amides is 1. The van der Waals surface area contributed by atoms with E-state index < -0.39 is 0 Å². The Kier molecular flexibility index (Phi) is 4.10. The monoisotopic (exact) mass is 356 g/mol. The molecule has 1 unspecified atom stereocenters.